The first-order chi connectivity index (χ1) is 7.24. The maximum absolute atomic E-state index is 3.47. The van der Waals surface area contributed by atoms with E-state index in [1.807, 2.05) is 0 Å². The quantitative estimate of drug-likeness (QED) is 0.841. The van der Waals surface area contributed by atoms with Crippen molar-refractivity contribution in [1.29, 1.82) is 0 Å². The Hall–Kier alpha value is -0.130. The average Bonchev–Trinajstić information content (AvgIpc) is 2.17. The number of hydrogen-bond donors (Lipinski definition) is 1. The van der Waals surface area contributed by atoms with E-state index in [9.17, 15) is 0 Å². The van der Waals surface area contributed by atoms with Gasteiger partial charge in [0.15, 0.2) is 0 Å². The molecule has 1 aliphatic heterocycles. The lowest BCUT2D eigenvalue weighted by Gasteiger charge is -2.31. The van der Waals surface area contributed by atoms with Crippen LogP contribution in [0.3, 0.4) is 0 Å². The van der Waals surface area contributed by atoms with E-state index in [0.29, 0.717) is 6.04 Å². The number of nitrogens with zero attached hydrogens (tertiary/aromatic N) is 1. The normalized spacial score (nSPS) is 22.9. The minimum Gasteiger partial charge on any atom is -0.312 e. The third kappa shape index (κ3) is 3.43. The van der Waals surface area contributed by atoms with Crippen LogP contribution < -0.4 is 5.32 Å². The second-order valence-corrected chi connectivity index (χ2v) is 5.47. The summed E-state index contributed by atoms with van der Waals surface area (Å²) in [5.41, 5.74) is 1.43. The van der Waals surface area contributed by atoms with Crippen LogP contribution >= 0.6 is 22.6 Å². The molecule has 1 saturated heterocycles. The van der Waals surface area contributed by atoms with E-state index in [4.69, 9.17) is 0 Å². The zero-order valence-electron chi connectivity index (χ0n) is 9.04. The SMILES string of the molecule is C[C@@H]1CN(Cc2cccc(I)c2)CCN1. The molecule has 1 heterocycles. The number of halogens is 1. The molecular formula is C12H17IN2. The fourth-order valence-corrected chi connectivity index (χ4v) is 2.66. The molecule has 0 aliphatic carbocycles. The first-order valence-corrected chi connectivity index (χ1v) is 6.52. The van der Waals surface area contributed by atoms with Crippen LogP contribution in [0.5, 0.6) is 0 Å². The molecule has 0 amide bonds. The fraction of sp³-hybridized carbons (Fsp3) is 0.500. The van der Waals surface area contributed by atoms with Crippen LogP contribution in [0.25, 0.3) is 0 Å². The van der Waals surface area contributed by atoms with Crippen molar-refractivity contribution in [3.05, 3.63) is 33.4 Å². The van der Waals surface area contributed by atoms with Crippen LogP contribution in [0, 0.1) is 3.57 Å². The summed E-state index contributed by atoms with van der Waals surface area (Å²) >= 11 is 2.37. The Bertz CT molecular complexity index is 327. The van der Waals surface area contributed by atoms with Gasteiger partial charge in [-0.25, -0.2) is 0 Å². The molecule has 0 aromatic heterocycles. The van der Waals surface area contributed by atoms with Gasteiger partial charge in [-0.15, -0.1) is 0 Å². The van der Waals surface area contributed by atoms with E-state index in [1.54, 1.807) is 0 Å². The molecule has 0 bridgehead atoms. The van der Waals surface area contributed by atoms with Crippen molar-refractivity contribution in [2.45, 2.75) is 19.5 Å². The smallest absolute Gasteiger partial charge is 0.0235 e. The van der Waals surface area contributed by atoms with Crippen molar-refractivity contribution in [2.75, 3.05) is 19.6 Å². The fourth-order valence-electron chi connectivity index (χ4n) is 2.05. The molecule has 15 heavy (non-hydrogen) atoms. The van der Waals surface area contributed by atoms with Crippen LogP contribution in [0.2, 0.25) is 0 Å². The van der Waals surface area contributed by atoms with Gasteiger partial charge in [-0.1, -0.05) is 12.1 Å². The van der Waals surface area contributed by atoms with Gasteiger partial charge in [-0.05, 0) is 47.2 Å². The second kappa shape index (κ2) is 5.27. The lowest BCUT2D eigenvalue weighted by Crippen LogP contribution is -2.48. The third-order valence-corrected chi connectivity index (χ3v) is 3.42. The van der Waals surface area contributed by atoms with Crippen molar-refractivity contribution in [2.24, 2.45) is 0 Å². The average molecular weight is 316 g/mol. The molecule has 0 spiro atoms. The summed E-state index contributed by atoms with van der Waals surface area (Å²) in [6.45, 7) is 6.77. The molecule has 0 radical (unpaired) electrons. The number of nitrogens with one attached hydrogen (secondary N) is 1. The van der Waals surface area contributed by atoms with E-state index in [1.165, 1.54) is 9.13 Å². The van der Waals surface area contributed by atoms with Crippen LogP contribution in [0.4, 0.5) is 0 Å². The highest BCUT2D eigenvalue weighted by Crippen LogP contribution is 2.11. The van der Waals surface area contributed by atoms with Gasteiger partial charge in [0.05, 0.1) is 0 Å². The summed E-state index contributed by atoms with van der Waals surface area (Å²) in [4.78, 5) is 2.52. The Morgan fingerprint density at radius 3 is 3.13 bits per heavy atom. The second-order valence-electron chi connectivity index (χ2n) is 4.22. The Balaban J connectivity index is 1.96. The molecule has 1 N–H and O–H groups in total. The number of benzene rings is 1. The maximum atomic E-state index is 3.47. The number of rotatable bonds is 2. The van der Waals surface area contributed by atoms with Gasteiger partial charge in [0.25, 0.3) is 0 Å². The lowest BCUT2D eigenvalue weighted by atomic mass is 10.2. The molecule has 2 nitrogen and oxygen atoms in total. The van der Waals surface area contributed by atoms with E-state index < -0.39 is 0 Å². The van der Waals surface area contributed by atoms with Gasteiger partial charge in [0.1, 0.15) is 0 Å². The zero-order chi connectivity index (χ0) is 10.7. The summed E-state index contributed by atoms with van der Waals surface area (Å²) in [5, 5.41) is 3.47. The minimum absolute atomic E-state index is 0.626. The summed E-state index contributed by atoms with van der Waals surface area (Å²) < 4.78 is 1.33. The molecule has 1 aliphatic rings. The van der Waals surface area contributed by atoms with Gasteiger partial charge in [-0.3, -0.25) is 4.90 Å². The molecule has 1 fully saturated rings. The Labute approximate surface area is 105 Å². The topological polar surface area (TPSA) is 15.3 Å². The molecule has 1 atom stereocenters. The van der Waals surface area contributed by atoms with E-state index >= 15 is 0 Å². The summed E-state index contributed by atoms with van der Waals surface area (Å²) in [6.07, 6.45) is 0. The first-order valence-electron chi connectivity index (χ1n) is 5.44. The molecule has 0 unspecified atom stereocenters. The van der Waals surface area contributed by atoms with Gasteiger partial charge in [-0.2, -0.15) is 0 Å². The van der Waals surface area contributed by atoms with Crippen LogP contribution in [0.15, 0.2) is 24.3 Å². The van der Waals surface area contributed by atoms with Crippen LogP contribution in [-0.2, 0) is 6.54 Å². The molecule has 0 saturated carbocycles. The van der Waals surface area contributed by atoms with E-state index in [2.05, 4.69) is 64.0 Å². The molecule has 1 aromatic carbocycles. The minimum atomic E-state index is 0.626. The van der Waals surface area contributed by atoms with Crippen molar-refractivity contribution in [3.63, 3.8) is 0 Å². The molecular weight excluding hydrogens is 299 g/mol. The Morgan fingerprint density at radius 2 is 2.40 bits per heavy atom. The third-order valence-electron chi connectivity index (χ3n) is 2.75. The summed E-state index contributed by atoms with van der Waals surface area (Å²) in [5.74, 6) is 0. The highest BCUT2D eigenvalue weighted by Gasteiger charge is 2.15. The molecule has 3 heteroatoms. The highest BCUT2D eigenvalue weighted by molar-refractivity contribution is 14.1. The van der Waals surface area contributed by atoms with E-state index in [-0.39, 0.29) is 0 Å². The van der Waals surface area contributed by atoms with Gasteiger partial charge < -0.3 is 5.32 Å². The maximum Gasteiger partial charge on any atom is 0.0235 e. The molecule has 2 rings (SSSR count). The number of piperazine rings is 1. The van der Waals surface area contributed by atoms with Crippen molar-refractivity contribution < 1.29 is 0 Å². The van der Waals surface area contributed by atoms with Gasteiger partial charge in [0.2, 0.25) is 0 Å². The Morgan fingerprint density at radius 1 is 1.53 bits per heavy atom. The molecule has 82 valence electrons. The number of hydrogen-bond acceptors (Lipinski definition) is 2. The summed E-state index contributed by atoms with van der Waals surface area (Å²) in [7, 11) is 0. The Kier molecular flexibility index (Phi) is 3.99. The van der Waals surface area contributed by atoms with Crippen molar-refractivity contribution in [1.82, 2.24) is 10.2 Å². The first kappa shape index (κ1) is 11.4. The zero-order valence-corrected chi connectivity index (χ0v) is 11.2. The largest absolute Gasteiger partial charge is 0.312 e. The van der Waals surface area contributed by atoms with Crippen molar-refractivity contribution >= 4 is 22.6 Å². The van der Waals surface area contributed by atoms with Crippen LogP contribution in [0.1, 0.15) is 12.5 Å². The molecule has 1 aromatic rings. The van der Waals surface area contributed by atoms with Gasteiger partial charge >= 0.3 is 0 Å². The highest BCUT2D eigenvalue weighted by atomic mass is 127. The van der Waals surface area contributed by atoms with Gasteiger partial charge in [0, 0.05) is 35.8 Å². The predicted octanol–water partition coefficient (Wildman–Crippen LogP) is 2.08. The standard InChI is InChI=1S/C12H17IN2/c1-10-8-15(6-5-14-10)9-11-3-2-4-12(13)7-11/h2-4,7,10,14H,5-6,8-9H2,1H3/t10-/m1/s1. The monoisotopic (exact) mass is 316 g/mol. The van der Waals surface area contributed by atoms with Crippen LogP contribution in [-0.4, -0.2) is 30.6 Å². The van der Waals surface area contributed by atoms with Crippen molar-refractivity contribution in [3.8, 4) is 0 Å². The van der Waals surface area contributed by atoms with E-state index in [0.717, 1.165) is 26.2 Å². The summed E-state index contributed by atoms with van der Waals surface area (Å²) in [6, 6.07) is 9.40. The predicted molar refractivity (Wildman–Crippen MR) is 71.9 cm³/mol. The lowest BCUT2D eigenvalue weighted by molar-refractivity contribution is 0.199.